The summed E-state index contributed by atoms with van der Waals surface area (Å²) >= 11 is 0. The van der Waals surface area contributed by atoms with E-state index in [1.165, 1.54) is 19.3 Å². The molecule has 3 N–H and O–H groups in total. The number of hydrogen-bond acceptors (Lipinski definition) is 3. The number of aryl methyl sites for hydroxylation is 1. The molecule has 0 aromatic heterocycles. The number of para-hydroxylation sites is 1. The number of anilines is 1. The van der Waals surface area contributed by atoms with Gasteiger partial charge in [-0.3, -0.25) is 5.32 Å². The van der Waals surface area contributed by atoms with Crippen LogP contribution in [0.5, 0.6) is 0 Å². The van der Waals surface area contributed by atoms with Crippen LogP contribution in [0.15, 0.2) is 24.3 Å². The van der Waals surface area contributed by atoms with Crippen molar-refractivity contribution in [1.82, 2.24) is 0 Å². The summed E-state index contributed by atoms with van der Waals surface area (Å²) in [6, 6.07) is 7.67. The Hall–Kier alpha value is -1.59. The molecule has 2 aliphatic carbocycles. The normalized spacial score (nSPS) is 28.3. The predicted octanol–water partition coefficient (Wildman–Crippen LogP) is 3.34. The minimum absolute atomic E-state index is 0.328. The van der Waals surface area contributed by atoms with Crippen molar-refractivity contribution in [2.45, 2.75) is 53.1 Å². The van der Waals surface area contributed by atoms with Crippen LogP contribution in [0.1, 0.15) is 45.6 Å². The van der Waals surface area contributed by atoms with E-state index >= 15 is 0 Å². The quantitative estimate of drug-likeness (QED) is 0.685. The van der Waals surface area contributed by atoms with E-state index in [9.17, 15) is 4.79 Å². The van der Waals surface area contributed by atoms with E-state index < -0.39 is 6.09 Å². The first-order valence-electron chi connectivity index (χ1n) is 10.3. The molecular formula is C22H35N2O3+. The van der Waals surface area contributed by atoms with Crippen LogP contribution >= 0.6 is 0 Å². The molecule has 0 aliphatic heterocycles. The maximum Gasteiger partial charge on any atom is 0.411 e. The van der Waals surface area contributed by atoms with Crippen molar-refractivity contribution in [3.8, 4) is 0 Å². The van der Waals surface area contributed by atoms with Crippen molar-refractivity contribution in [2.75, 3.05) is 31.6 Å². The zero-order valence-corrected chi connectivity index (χ0v) is 17.2. The van der Waals surface area contributed by atoms with Gasteiger partial charge in [-0.15, -0.1) is 0 Å². The molecular weight excluding hydrogens is 340 g/mol. The van der Waals surface area contributed by atoms with Crippen molar-refractivity contribution in [3.63, 3.8) is 0 Å². The standard InChI is InChI=1S/C22H34N2O3/c1-16-7-5-6-8-18(16)24-20(25)27-14-12-23-11-13-26-19-15-17-9-10-22(19,4)21(17,2)3/h5-8,17,19,23H,9-15H2,1-4H3,(H,24,25)/p+1/t17-,19+,22+/m0/s1. The zero-order valence-electron chi connectivity index (χ0n) is 17.2. The highest BCUT2D eigenvalue weighted by Gasteiger charge is 2.61. The number of rotatable bonds is 8. The Morgan fingerprint density at radius 3 is 2.63 bits per heavy atom. The molecule has 2 saturated carbocycles. The Bertz CT molecular complexity index is 661. The first kappa shape index (κ1) is 20.2. The molecule has 0 radical (unpaired) electrons. The second-order valence-electron chi connectivity index (χ2n) is 8.91. The lowest BCUT2D eigenvalue weighted by Gasteiger charge is -2.38. The fourth-order valence-electron chi connectivity index (χ4n) is 4.91. The third-order valence-electron chi connectivity index (χ3n) is 7.29. The van der Waals surface area contributed by atoms with Gasteiger partial charge in [-0.25, -0.2) is 4.79 Å². The molecule has 3 atom stereocenters. The molecule has 1 aromatic carbocycles. The third kappa shape index (κ3) is 4.14. The molecule has 0 unspecified atom stereocenters. The SMILES string of the molecule is Cc1ccccc1NC(=O)OCC[NH2+]CCO[C@@H]1C[C@@H]2CC[C@@]1(C)C2(C)C. The topological polar surface area (TPSA) is 64.2 Å². The Balaban J connectivity index is 1.26. The van der Waals surface area contributed by atoms with Crippen LogP contribution in [-0.2, 0) is 9.47 Å². The van der Waals surface area contributed by atoms with Gasteiger partial charge in [0.15, 0.2) is 0 Å². The molecule has 0 saturated heterocycles. The van der Waals surface area contributed by atoms with Gasteiger partial charge < -0.3 is 14.8 Å². The molecule has 3 rings (SSSR count). The van der Waals surface area contributed by atoms with E-state index in [1.54, 1.807) is 0 Å². The number of nitrogens with two attached hydrogens (primary N) is 1. The van der Waals surface area contributed by atoms with E-state index in [4.69, 9.17) is 9.47 Å². The van der Waals surface area contributed by atoms with Gasteiger partial charge in [0.2, 0.25) is 0 Å². The number of carbonyl (C=O) groups excluding carboxylic acids is 1. The molecule has 0 spiro atoms. The predicted molar refractivity (Wildman–Crippen MR) is 107 cm³/mol. The molecule has 1 amide bonds. The molecule has 0 heterocycles. The van der Waals surface area contributed by atoms with Crippen molar-refractivity contribution < 1.29 is 19.6 Å². The fraction of sp³-hybridized carbons (Fsp3) is 0.682. The number of hydrogen-bond donors (Lipinski definition) is 2. The van der Waals surface area contributed by atoms with Gasteiger partial charge in [0.25, 0.3) is 0 Å². The van der Waals surface area contributed by atoms with Gasteiger partial charge in [0, 0.05) is 5.69 Å². The van der Waals surface area contributed by atoms with Crippen LogP contribution in [0.25, 0.3) is 0 Å². The number of nitrogens with one attached hydrogen (secondary N) is 1. The average Bonchev–Trinajstić information content (AvgIpc) is 2.96. The van der Waals surface area contributed by atoms with Crippen LogP contribution in [0.3, 0.4) is 0 Å². The number of quaternary nitrogens is 1. The molecule has 27 heavy (non-hydrogen) atoms. The summed E-state index contributed by atoms with van der Waals surface area (Å²) in [5.41, 5.74) is 2.55. The number of ether oxygens (including phenoxy) is 2. The van der Waals surface area contributed by atoms with Crippen LogP contribution in [0.2, 0.25) is 0 Å². The molecule has 2 aliphatic rings. The second-order valence-corrected chi connectivity index (χ2v) is 8.91. The number of amides is 1. The lowest BCUT2D eigenvalue weighted by molar-refractivity contribution is -0.657. The lowest BCUT2D eigenvalue weighted by atomic mass is 9.70. The maximum absolute atomic E-state index is 11.8. The summed E-state index contributed by atoms with van der Waals surface area (Å²) in [6.45, 7) is 12.0. The minimum atomic E-state index is -0.397. The number of benzene rings is 1. The van der Waals surface area contributed by atoms with Gasteiger partial charge in [-0.1, -0.05) is 39.0 Å². The Kier molecular flexibility index (Phi) is 6.11. The zero-order chi connectivity index (χ0) is 19.5. The number of fused-ring (bicyclic) bond motifs is 2. The van der Waals surface area contributed by atoms with Crippen LogP contribution in [0.4, 0.5) is 10.5 Å². The van der Waals surface area contributed by atoms with E-state index in [-0.39, 0.29) is 0 Å². The first-order chi connectivity index (χ1) is 12.8. The monoisotopic (exact) mass is 375 g/mol. The van der Waals surface area contributed by atoms with Gasteiger partial charge in [-0.2, -0.15) is 0 Å². The van der Waals surface area contributed by atoms with Gasteiger partial charge in [-0.05, 0) is 54.6 Å². The summed E-state index contributed by atoms with van der Waals surface area (Å²) in [5, 5.41) is 4.93. The van der Waals surface area contributed by atoms with E-state index in [1.807, 2.05) is 31.2 Å². The van der Waals surface area contributed by atoms with Crippen LogP contribution < -0.4 is 10.6 Å². The fourth-order valence-corrected chi connectivity index (χ4v) is 4.91. The van der Waals surface area contributed by atoms with Crippen LogP contribution in [-0.4, -0.2) is 38.5 Å². The first-order valence-corrected chi connectivity index (χ1v) is 10.3. The highest BCUT2D eigenvalue weighted by molar-refractivity contribution is 5.85. The van der Waals surface area contributed by atoms with Gasteiger partial charge in [0.05, 0.1) is 19.3 Å². The summed E-state index contributed by atoms with van der Waals surface area (Å²) < 4.78 is 11.5. The maximum atomic E-state index is 11.8. The number of carbonyl (C=O) groups is 1. The average molecular weight is 376 g/mol. The lowest BCUT2D eigenvalue weighted by Crippen LogP contribution is -2.86. The Morgan fingerprint density at radius 1 is 1.22 bits per heavy atom. The Labute approximate surface area is 163 Å². The van der Waals surface area contributed by atoms with Gasteiger partial charge in [0.1, 0.15) is 13.2 Å². The minimum Gasteiger partial charge on any atom is -0.443 e. The summed E-state index contributed by atoms with van der Waals surface area (Å²) in [6.07, 6.45) is 3.87. The van der Waals surface area contributed by atoms with E-state index in [2.05, 4.69) is 31.4 Å². The van der Waals surface area contributed by atoms with Crippen LogP contribution in [0, 0.1) is 23.7 Å². The largest absolute Gasteiger partial charge is 0.443 e. The van der Waals surface area contributed by atoms with Crippen molar-refractivity contribution in [3.05, 3.63) is 29.8 Å². The summed E-state index contributed by atoms with van der Waals surface area (Å²) in [5.74, 6) is 0.816. The molecule has 150 valence electrons. The molecule has 2 bridgehead atoms. The van der Waals surface area contributed by atoms with Gasteiger partial charge >= 0.3 is 6.09 Å². The van der Waals surface area contributed by atoms with E-state index in [0.717, 1.165) is 36.9 Å². The smallest absolute Gasteiger partial charge is 0.411 e. The molecule has 5 heteroatoms. The van der Waals surface area contributed by atoms with Crippen molar-refractivity contribution >= 4 is 11.8 Å². The highest BCUT2D eigenvalue weighted by Crippen LogP contribution is 2.66. The molecule has 2 fully saturated rings. The summed E-state index contributed by atoms with van der Waals surface area (Å²) in [7, 11) is 0. The van der Waals surface area contributed by atoms with Crippen molar-refractivity contribution in [2.24, 2.45) is 16.7 Å². The molecule has 5 nitrogen and oxygen atoms in total. The van der Waals surface area contributed by atoms with E-state index in [0.29, 0.717) is 23.5 Å². The third-order valence-corrected chi connectivity index (χ3v) is 7.29. The second kappa shape index (κ2) is 8.19. The Morgan fingerprint density at radius 2 is 1.96 bits per heavy atom. The molecule has 1 aromatic rings. The highest BCUT2D eigenvalue weighted by atomic mass is 16.5. The summed E-state index contributed by atoms with van der Waals surface area (Å²) in [4.78, 5) is 11.8. The van der Waals surface area contributed by atoms with Crippen molar-refractivity contribution in [1.29, 1.82) is 0 Å².